The van der Waals surface area contributed by atoms with Gasteiger partial charge in [-0.05, 0) is 154 Å². The zero-order chi connectivity index (χ0) is 58.4. The summed E-state index contributed by atoms with van der Waals surface area (Å²) < 4.78 is 26.2. The summed E-state index contributed by atoms with van der Waals surface area (Å²) in [5.41, 5.74) is 19.4. The molecule has 3 aliphatic rings. The highest BCUT2D eigenvalue weighted by atomic mass is 127. The van der Waals surface area contributed by atoms with Gasteiger partial charge in [0.25, 0.3) is 0 Å². The molecule has 1 spiro atoms. The fourth-order valence-electron chi connectivity index (χ4n) is 12.4. The third kappa shape index (κ3) is 13.4. The number of nitrogens with one attached hydrogen (secondary N) is 2. The fourth-order valence-corrected chi connectivity index (χ4v) is 13.7. The molecular formula is C71H69IN5O5P. The molecule has 3 heterocycles. The third-order valence-electron chi connectivity index (χ3n) is 15.7. The molecular weight excluding hydrogens is 1160 g/mol. The van der Waals surface area contributed by atoms with Gasteiger partial charge in [-0.1, -0.05) is 185 Å². The zero-order valence-electron chi connectivity index (χ0n) is 47.7. The Morgan fingerprint density at radius 2 is 0.988 bits per heavy atom. The Labute approximate surface area is 501 Å². The molecule has 0 unspecified atom stereocenters. The molecule has 2 aromatic heterocycles. The molecule has 10 aromatic rings. The summed E-state index contributed by atoms with van der Waals surface area (Å²) in [4.78, 5) is 33.7. The molecule has 83 heavy (non-hydrogen) atoms. The van der Waals surface area contributed by atoms with E-state index in [0.29, 0.717) is 24.3 Å². The molecule has 0 saturated carbocycles. The topological polar surface area (TPSA) is 146 Å². The molecule has 13 rings (SSSR count). The van der Waals surface area contributed by atoms with E-state index in [1.165, 1.54) is 20.3 Å². The number of benzene rings is 8. The lowest BCUT2D eigenvalue weighted by Gasteiger charge is -2.34. The van der Waals surface area contributed by atoms with Crippen molar-refractivity contribution >= 4 is 75.3 Å². The van der Waals surface area contributed by atoms with Crippen LogP contribution in [0.25, 0.3) is 21.8 Å². The molecule has 0 atom stereocenters. The van der Waals surface area contributed by atoms with E-state index in [0.717, 1.165) is 85.8 Å². The molecule has 420 valence electrons. The second kappa shape index (κ2) is 24.9. The van der Waals surface area contributed by atoms with Crippen LogP contribution in [0, 0.1) is 17.4 Å². The quantitative estimate of drug-likeness (QED) is 0.0957. The van der Waals surface area contributed by atoms with Crippen LogP contribution in [-0.2, 0) is 36.8 Å². The maximum atomic E-state index is 13.1. The summed E-state index contributed by atoms with van der Waals surface area (Å²) in [6.45, 7) is 13.3. The number of nitrogens with two attached hydrogens (primary N) is 1. The maximum Gasteiger partial charge on any atom is 0.510 e. The predicted octanol–water partition coefficient (Wildman–Crippen LogP) is 17.3. The lowest BCUT2D eigenvalue weighted by molar-refractivity contribution is -0.117. The number of pyridine rings is 2. The first kappa shape index (κ1) is 58.2. The summed E-state index contributed by atoms with van der Waals surface area (Å²) in [5.74, 6) is 1.25. The van der Waals surface area contributed by atoms with Gasteiger partial charge in [0.1, 0.15) is 11.5 Å². The minimum atomic E-state index is -3.79. The Morgan fingerprint density at radius 3 is 1.43 bits per heavy atom. The number of amides is 2. The fraction of sp³-hybridized carbons (Fsp3) is 0.211. The van der Waals surface area contributed by atoms with Gasteiger partial charge >= 0.3 is 7.75 Å². The van der Waals surface area contributed by atoms with Crippen molar-refractivity contribution in [2.75, 3.05) is 10.6 Å². The van der Waals surface area contributed by atoms with Crippen molar-refractivity contribution in [2.45, 2.75) is 95.8 Å². The smallest absolute Gasteiger partial charge is 0.404 e. The Balaban J connectivity index is 0.000000132. The first-order valence-electron chi connectivity index (χ1n) is 28.1. The van der Waals surface area contributed by atoms with E-state index in [4.69, 9.17) is 14.6 Å². The minimum Gasteiger partial charge on any atom is -0.404 e. The van der Waals surface area contributed by atoms with Gasteiger partial charge in [-0.2, -0.15) is 0 Å². The van der Waals surface area contributed by atoms with Crippen molar-refractivity contribution in [1.82, 2.24) is 9.97 Å². The zero-order valence-corrected chi connectivity index (χ0v) is 50.8. The van der Waals surface area contributed by atoms with E-state index in [2.05, 4.69) is 119 Å². The van der Waals surface area contributed by atoms with Gasteiger partial charge in [-0.25, -0.2) is 10.1 Å². The van der Waals surface area contributed by atoms with E-state index in [1.807, 2.05) is 172 Å². The van der Waals surface area contributed by atoms with E-state index in [1.54, 1.807) is 12.4 Å². The molecule has 8 aromatic carbocycles. The Kier molecular flexibility index (Phi) is 17.4. The van der Waals surface area contributed by atoms with E-state index >= 15 is 0 Å². The highest BCUT2D eigenvalue weighted by Gasteiger charge is 2.60. The van der Waals surface area contributed by atoms with Gasteiger partial charge < -0.3 is 19.7 Å². The molecule has 4 N–H and O–H groups in total. The first-order valence-corrected chi connectivity index (χ1v) is 30.8. The van der Waals surface area contributed by atoms with Crippen LogP contribution in [0.1, 0.15) is 109 Å². The summed E-state index contributed by atoms with van der Waals surface area (Å²) in [7, 11) is -3.79. The molecule has 12 heteroatoms. The van der Waals surface area contributed by atoms with Gasteiger partial charge in [0.15, 0.2) is 0 Å². The number of carbonyl (C=O) groups is 2. The molecule has 2 aliphatic carbocycles. The monoisotopic (exact) mass is 1230 g/mol. The summed E-state index contributed by atoms with van der Waals surface area (Å²) in [6, 6.07) is 68.4. The number of para-hydroxylation sites is 2. The number of nitrogens with zero attached hydrogens (tertiary/aromatic N) is 2. The van der Waals surface area contributed by atoms with Crippen LogP contribution in [0.3, 0.4) is 0 Å². The highest BCUT2D eigenvalue weighted by molar-refractivity contribution is 14.1. The number of rotatable bonds is 9. The van der Waals surface area contributed by atoms with Crippen LogP contribution in [0.4, 0.5) is 11.4 Å². The number of carbonyl (C=O) groups excluding carboxylic acids is 2. The maximum absolute atomic E-state index is 13.1. The minimum absolute atomic E-state index is 0.00957. The first-order chi connectivity index (χ1) is 39.9. The SMILES string of the molecule is Cc1cc2c3c(c1)C(C)(C)CC31CC(C)(C)c3cc(C)cc(c31)OP(N)(=O)O2.Ic1ccccc1.O=C(CC(c1ccccc1)c1ccccc1)Nc1cccc2cccnc12.O=C(CCc1ccccc1)Nc1cccc2cccnc12. The van der Waals surface area contributed by atoms with Gasteiger partial charge in [0.2, 0.25) is 11.8 Å². The highest BCUT2D eigenvalue weighted by Crippen LogP contribution is 2.69. The standard InChI is InChI=1S/C24H20N2O.C23H28NO3P.C18H16N2O.C6H5I/c27-23(26-22-15-7-13-20-14-8-16-25-24(20)22)17-21(18-9-3-1-4-10-18)19-11-5-2-6-12-19;1-13-7-15-19-17(9-13)26-28(24,25)27-18-10-14(2)8-16-20(18)23(19,11-21(15,3)4)12-22(16,5)6;21-17(12-11-14-6-2-1-3-7-14)20-16-10-4-8-15-9-5-13-19-18(15)16;7-6-4-2-1-3-5-6/h1-16,21H,17H2,(H,26,27);7-10H,11-12H2,1-6H3,(H2,24,25);1-10,13H,11-12H2,(H,20,21);1-5H. The number of hydrogen-bond donors (Lipinski definition) is 3. The van der Waals surface area contributed by atoms with Gasteiger partial charge in [-0.3, -0.25) is 19.6 Å². The molecule has 0 bridgehead atoms. The summed E-state index contributed by atoms with van der Waals surface area (Å²) >= 11 is 2.28. The average molecular weight is 1230 g/mol. The van der Waals surface area contributed by atoms with Crippen LogP contribution in [0.2, 0.25) is 0 Å². The van der Waals surface area contributed by atoms with E-state index < -0.39 is 7.75 Å². The van der Waals surface area contributed by atoms with Crippen LogP contribution < -0.4 is 25.2 Å². The van der Waals surface area contributed by atoms with Crippen LogP contribution in [-0.4, -0.2) is 21.8 Å². The average Bonchev–Trinajstić information content (AvgIpc) is 2.24. The van der Waals surface area contributed by atoms with Crippen LogP contribution >= 0.6 is 30.3 Å². The lowest BCUT2D eigenvalue weighted by atomic mass is 9.72. The molecule has 2 amide bonds. The van der Waals surface area contributed by atoms with Gasteiger partial charge in [-0.15, -0.1) is 0 Å². The third-order valence-corrected chi connectivity index (χ3v) is 17.3. The van der Waals surface area contributed by atoms with Crippen molar-refractivity contribution in [3.05, 3.63) is 272 Å². The van der Waals surface area contributed by atoms with E-state index in [-0.39, 0.29) is 34.0 Å². The number of aryl methyl sites for hydroxylation is 3. The summed E-state index contributed by atoms with van der Waals surface area (Å²) in [5, 5.41) is 8.05. The number of aromatic nitrogens is 2. The van der Waals surface area contributed by atoms with Crippen molar-refractivity contribution in [3.8, 4) is 11.5 Å². The molecule has 0 radical (unpaired) electrons. The lowest BCUT2D eigenvalue weighted by Crippen LogP contribution is -2.29. The van der Waals surface area contributed by atoms with Crippen molar-refractivity contribution in [1.29, 1.82) is 0 Å². The molecule has 0 fully saturated rings. The van der Waals surface area contributed by atoms with Gasteiger partial charge in [0.05, 0.1) is 22.4 Å². The van der Waals surface area contributed by atoms with Crippen LogP contribution in [0.5, 0.6) is 11.5 Å². The molecule has 0 saturated heterocycles. The second-order valence-corrected chi connectivity index (χ2v) is 25.7. The van der Waals surface area contributed by atoms with E-state index in [9.17, 15) is 14.2 Å². The van der Waals surface area contributed by atoms with Gasteiger partial charge in [0, 0.05) is 62.0 Å². The molecule has 10 nitrogen and oxygen atoms in total. The Hall–Kier alpha value is -7.96. The van der Waals surface area contributed by atoms with Crippen LogP contribution in [0.15, 0.2) is 219 Å². The van der Waals surface area contributed by atoms with Crippen molar-refractivity contribution in [3.63, 3.8) is 0 Å². The molecule has 1 aliphatic heterocycles. The predicted molar refractivity (Wildman–Crippen MR) is 345 cm³/mol. The normalized spacial score (nSPS) is 14.9. The number of halogens is 1. The second-order valence-electron chi connectivity index (χ2n) is 23.0. The number of hydrogen-bond acceptors (Lipinski definition) is 7. The van der Waals surface area contributed by atoms with Crippen molar-refractivity contribution < 1.29 is 23.2 Å². The number of fused-ring (bicyclic) bond motifs is 2. The Morgan fingerprint density at radius 1 is 0.566 bits per heavy atom. The largest absolute Gasteiger partial charge is 0.510 e. The van der Waals surface area contributed by atoms with Crippen molar-refractivity contribution in [2.24, 2.45) is 5.50 Å². The Bertz CT molecular complexity index is 3860. The number of anilines is 2. The summed E-state index contributed by atoms with van der Waals surface area (Å²) in [6.07, 6.45) is 7.01.